The van der Waals surface area contributed by atoms with Gasteiger partial charge < -0.3 is 15.0 Å². The number of carboxylic acids is 1. The molecule has 1 aliphatic rings. The van der Waals surface area contributed by atoms with Crippen LogP contribution in [0, 0.1) is 12.3 Å². The van der Waals surface area contributed by atoms with E-state index in [9.17, 15) is 14.7 Å². The average molecular weight is 340 g/mol. The topological polar surface area (TPSA) is 73.4 Å². The summed E-state index contributed by atoms with van der Waals surface area (Å²) in [4.78, 5) is 29.7. The van der Waals surface area contributed by atoms with Crippen LogP contribution in [0.15, 0.2) is 36.9 Å². The first-order valence-corrected chi connectivity index (χ1v) is 8.65. The van der Waals surface area contributed by atoms with Crippen LogP contribution in [-0.4, -0.2) is 40.0 Å². The van der Waals surface area contributed by atoms with Crippen molar-refractivity contribution in [3.8, 4) is 0 Å². The van der Waals surface area contributed by atoms with Crippen molar-refractivity contribution in [2.75, 3.05) is 13.1 Å². The van der Waals surface area contributed by atoms with E-state index in [1.807, 2.05) is 31.2 Å². The molecule has 1 saturated heterocycles. The molecule has 2 heterocycles. The number of allylic oxidation sites excluding steroid dienone is 1. The lowest BCUT2D eigenvalue weighted by atomic mass is 9.77. The van der Waals surface area contributed by atoms with Crippen LogP contribution in [-0.2, 0) is 16.0 Å². The third kappa shape index (κ3) is 3.18. The number of nitrogens with one attached hydrogen (secondary N) is 1. The fourth-order valence-corrected chi connectivity index (χ4v) is 3.87. The number of para-hydroxylation sites is 1. The number of aromatic amines is 1. The van der Waals surface area contributed by atoms with Crippen LogP contribution >= 0.6 is 0 Å². The number of nitrogens with zero attached hydrogens (tertiary/aromatic N) is 1. The van der Waals surface area contributed by atoms with Gasteiger partial charge in [0.1, 0.15) is 0 Å². The number of hydrogen-bond acceptors (Lipinski definition) is 2. The van der Waals surface area contributed by atoms with Crippen LogP contribution in [0.3, 0.4) is 0 Å². The van der Waals surface area contributed by atoms with Gasteiger partial charge in [-0.25, -0.2) is 0 Å². The van der Waals surface area contributed by atoms with Crippen molar-refractivity contribution in [1.82, 2.24) is 9.88 Å². The first kappa shape index (κ1) is 17.3. The van der Waals surface area contributed by atoms with E-state index in [4.69, 9.17) is 0 Å². The van der Waals surface area contributed by atoms with Gasteiger partial charge in [-0.1, -0.05) is 24.3 Å². The van der Waals surface area contributed by atoms with E-state index in [0.29, 0.717) is 32.2 Å². The number of aryl methyl sites for hydroxylation is 1. The van der Waals surface area contributed by atoms with Gasteiger partial charge >= 0.3 is 5.97 Å². The van der Waals surface area contributed by atoms with Crippen LogP contribution in [0.2, 0.25) is 0 Å². The molecule has 132 valence electrons. The first-order valence-electron chi connectivity index (χ1n) is 8.65. The summed E-state index contributed by atoms with van der Waals surface area (Å²) >= 11 is 0. The maximum Gasteiger partial charge on any atom is 0.311 e. The van der Waals surface area contributed by atoms with Gasteiger partial charge in [-0.15, -0.1) is 6.58 Å². The van der Waals surface area contributed by atoms with Gasteiger partial charge in [0.05, 0.1) is 11.8 Å². The molecule has 0 unspecified atom stereocenters. The van der Waals surface area contributed by atoms with E-state index in [1.54, 1.807) is 11.0 Å². The van der Waals surface area contributed by atoms with Crippen molar-refractivity contribution in [2.24, 2.45) is 5.41 Å². The predicted octanol–water partition coefficient (Wildman–Crippen LogP) is 3.29. The van der Waals surface area contributed by atoms with E-state index >= 15 is 0 Å². The van der Waals surface area contributed by atoms with Crippen molar-refractivity contribution in [1.29, 1.82) is 0 Å². The molecule has 1 aromatic heterocycles. The minimum absolute atomic E-state index is 0.0118. The molecule has 3 rings (SSSR count). The molecule has 1 fully saturated rings. The minimum atomic E-state index is -0.898. The molecule has 2 aromatic rings. The highest BCUT2D eigenvalue weighted by Crippen LogP contribution is 2.35. The van der Waals surface area contributed by atoms with Gasteiger partial charge in [0.25, 0.3) is 0 Å². The maximum atomic E-state index is 12.9. The summed E-state index contributed by atoms with van der Waals surface area (Å²) in [7, 11) is 0. The smallest absolute Gasteiger partial charge is 0.311 e. The number of piperidine rings is 1. The highest BCUT2D eigenvalue weighted by molar-refractivity contribution is 5.90. The third-order valence-electron chi connectivity index (χ3n) is 5.27. The summed E-state index contributed by atoms with van der Waals surface area (Å²) in [5, 5.41) is 10.7. The Hall–Kier alpha value is -2.56. The summed E-state index contributed by atoms with van der Waals surface area (Å²) in [6.07, 6.45) is 3.62. The van der Waals surface area contributed by atoms with Crippen LogP contribution < -0.4 is 0 Å². The molecule has 0 aliphatic carbocycles. The van der Waals surface area contributed by atoms with Crippen LogP contribution in [0.1, 0.15) is 30.5 Å². The number of H-pyrrole nitrogens is 1. The van der Waals surface area contributed by atoms with Gasteiger partial charge in [0.2, 0.25) is 5.91 Å². The van der Waals surface area contributed by atoms with Crippen molar-refractivity contribution in [2.45, 2.75) is 32.6 Å². The lowest BCUT2D eigenvalue weighted by Crippen LogP contribution is -2.50. The molecule has 0 saturated carbocycles. The van der Waals surface area contributed by atoms with E-state index in [2.05, 4.69) is 11.6 Å². The Labute approximate surface area is 147 Å². The van der Waals surface area contributed by atoms with E-state index in [-0.39, 0.29) is 12.5 Å². The second-order valence-electron chi connectivity index (χ2n) is 6.95. The molecule has 5 heteroatoms. The molecule has 25 heavy (non-hydrogen) atoms. The molecule has 0 spiro atoms. The van der Waals surface area contributed by atoms with Crippen molar-refractivity contribution in [3.63, 3.8) is 0 Å². The standard InChI is InChI=1S/C20H24N2O3/c1-3-9-20(19(24)25)10-6-11-22(13-20)18(23)12-16-14(2)21-17-8-5-4-7-15(16)17/h3-5,7-8,21H,1,6,9-13H2,2H3,(H,24,25)/t20-/m1/s1. The highest BCUT2D eigenvalue weighted by atomic mass is 16.4. The van der Waals surface area contributed by atoms with E-state index in [1.165, 1.54) is 0 Å². The zero-order valence-electron chi connectivity index (χ0n) is 14.5. The number of aliphatic carboxylic acids is 1. The van der Waals surface area contributed by atoms with Crippen LogP contribution in [0.5, 0.6) is 0 Å². The maximum absolute atomic E-state index is 12.9. The molecule has 1 amide bonds. The molecular formula is C20H24N2O3. The lowest BCUT2D eigenvalue weighted by Gasteiger charge is -2.39. The summed E-state index contributed by atoms with van der Waals surface area (Å²) in [5.41, 5.74) is 2.11. The number of aromatic nitrogens is 1. The second kappa shape index (κ2) is 6.75. The Morgan fingerprint density at radius 3 is 2.88 bits per heavy atom. The highest BCUT2D eigenvalue weighted by Gasteiger charge is 2.42. The molecule has 1 aromatic carbocycles. The van der Waals surface area contributed by atoms with Crippen molar-refractivity contribution >= 4 is 22.8 Å². The fraction of sp³-hybridized carbons (Fsp3) is 0.400. The molecule has 0 radical (unpaired) electrons. The number of amides is 1. The Bertz CT molecular complexity index is 823. The molecule has 1 aliphatic heterocycles. The second-order valence-corrected chi connectivity index (χ2v) is 6.95. The number of benzene rings is 1. The average Bonchev–Trinajstić information content (AvgIpc) is 2.91. The van der Waals surface area contributed by atoms with Gasteiger partial charge in [0.15, 0.2) is 0 Å². The Morgan fingerprint density at radius 2 is 2.16 bits per heavy atom. The summed E-state index contributed by atoms with van der Waals surface area (Å²) < 4.78 is 0. The van der Waals surface area contributed by atoms with E-state index < -0.39 is 11.4 Å². The zero-order chi connectivity index (χ0) is 18.0. The number of rotatable bonds is 5. The largest absolute Gasteiger partial charge is 0.481 e. The quantitative estimate of drug-likeness (QED) is 0.820. The molecular weight excluding hydrogens is 316 g/mol. The molecule has 2 N–H and O–H groups in total. The molecule has 0 bridgehead atoms. The summed E-state index contributed by atoms with van der Waals surface area (Å²) in [6, 6.07) is 7.93. The van der Waals surface area contributed by atoms with Crippen molar-refractivity contribution < 1.29 is 14.7 Å². The normalized spacial score (nSPS) is 20.6. The van der Waals surface area contributed by atoms with Crippen LogP contribution in [0.4, 0.5) is 0 Å². The van der Waals surface area contributed by atoms with Gasteiger partial charge in [-0.05, 0) is 37.8 Å². The molecule has 1 atom stereocenters. The first-order chi connectivity index (χ1) is 12.0. The number of fused-ring (bicyclic) bond motifs is 1. The Morgan fingerprint density at radius 1 is 1.40 bits per heavy atom. The lowest BCUT2D eigenvalue weighted by molar-refractivity contribution is -0.154. The van der Waals surface area contributed by atoms with Crippen LogP contribution in [0.25, 0.3) is 10.9 Å². The molecule has 5 nitrogen and oxygen atoms in total. The monoisotopic (exact) mass is 340 g/mol. The Kier molecular flexibility index (Phi) is 4.66. The van der Waals surface area contributed by atoms with Gasteiger partial charge in [0, 0.05) is 29.7 Å². The number of hydrogen-bond donors (Lipinski definition) is 2. The number of carbonyl (C=O) groups excluding carboxylic acids is 1. The third-order valence-corrected chi connectivity index (χ3v) is 5.27. The SMILES string of the molecule is C=CC[C@@]1(C(=O)O)CCCN(C(=O)Cc2c(C)[nH]c3ccccc23)C1. The summed E-state index contributed by atoms with van der Waals surface area (Å²) in [5.74, 6) is -0.851. The van der Waals surface area contributed by atoms with Gasteiger partial charge in [-0.3, -0.25) is 9.59 Å². The van der Waals surface area contributed by atoms with E-state index in [0.717, 1.165) is 22.2 Å². The van der Waals surface area contributed by atoms with Gasteiger partial charge in [-0.2, -0.15) is 0 Å². The number of likely N-dealkylation sites (tertiary alicyclic amines) is 1. The minimum Gasteiger partial charge on any atom is -0.481 e. The fourth-order valence-electron chi connectivity index (χ4n) is 3.87. The number of carboxylic acid groups (broad SMARTS) is 1. The van der Waals surface area contributed by atoms with Crippen molar-refractivity contribution in [3.05, 3.63) is 48.2 Å². The summed E-state index contributed by atoms with van der Waals surface area (Å²) in [6.45, 7) is 6.53. The number of carbonyl (C=O) groups is 2. The zero-order valence-corrected chi connectivity index (χ0v) is 14.5. The Balaban J connectivity index is 1.82. The predicted molar refractivity (Wildman–Crippen MR) is 97.4 cm³/mol.